The lowest BCUT2D eigenvalue weighted by Crippen LogP contribution is -2.40. The highest BCUT2D eigenvalue weighted by Crippen LogP contribution is 2.32. The third-order valence-corrected chi connectivity index (χ3v) is 4.74. The average molecular weight is 288 g/mol. The second-order valence-corrected chi connectivity index (χ2v) is 7.67. The van der Waals surface area contributed by atoms with Gasteiger partial charge in [-0.3, -0.25) is 0 Å². The summed E-state index contributed by atoms with van der Waals surface area (Å²) in [6.45, 7) is 10.0. The highest BCUT2D eigenvalue weighted by atomic mass is 15.1. The number of benzene rings is 1. The van der Waals surface area contributed by atoms with Crippen molar-refractivity contribution >= 4 is 5.69 Å². The largest absolute Gasteiger partial charge is 0.371 e. The van der Waals surface area contributed by atoms with Gasteiger partial charge in [0.25, 0.3) is 0 Å². The van der Waals surface area contributed by atoms with E-state index in [2.05, 4.69) is 69.2 Å². The minimum Gasteiger partial charge on any atom is -0.371 e. The molecule has 1 aliphatic carbocycles. The molecule has 1 aliphatic rings. The molecule has 0 bridgehead atoms. The van der Waals surface area contributed by atoms with Crippen LogP contribution < -0.4 is 10.2 Å². The quantitative estimate of drug-likeness (QED) is 0.871. The van der Waals surface area contributed by atoms with Gasteiger partial charge in [-0.2, -0.15) is 0 Å². The molecule has 21 heavy (non-hydrogen) atoms. The third-order valence-electron chi connectivity index (χ3n) is 4.74. The average Bonchev–Trinajstić information content (AvgIpc) is 2.44. The second kappa shape index (κ2) is 6.83. The number of nitrogens with zero attached hydrogens (tertiary/aromatic N) is 1. The zero-order valence-electron chi connectivity index (χ0n) is 14.4. The fraction of sp³-hybridized carbons (Fsp3) is 0.684. The highest BCUT2D eigenvalue weighted by Gasteiger charge is 2.26. The van der Waals surface area contributed by atoms with Crippen molar-refractivity contribution in [2.75, 3.05) is 11.9 Å². The molecule has 1 aromatic rings. The fourth-order valence-corrected chi connectivity index (χ4v) is 3.42. The summed E-state index contributed by atoms with van der Waals surface area (Å²) < 4.78 is 0. The molecular weight excluding hydrogens is 256 g/mol. The van der Waals surface area contributed by atoms with Gasteiger partial charge in [0.15, 0.2) is 0 Å². The summed E-state index contributed by atoms with van der Waals surface area (Å²) in [5, 5.41) is 3.62. The van der Waals surface area contributed by atoms with Gasteiger partial charge in [-0.05, 0) is 51.2 Å². The molecular formula is C19H32N2. The van der Waals surface area contributed by atoms with Gasteiger partial charge in [0, 0.05) is 30.9 Å². The van der Waals surface area contributed by atoms with Crippen LogP contribution in [0.4, 0.5) is 5.69 Å². The molecule has 0 spiro atoms. The Labute approximate surface area is 130 Å². The van der Waals surface area contributed by atoms with E-state index >= 15 is 0 Å². The van der Waals surface area contributed by atoms with E-state index in [-0.39, 0.29) is 5.54 Å². The van der Waals surface area contributed by atoms with Crippen molar-refractivity contribution in [3.8, 4) is 0 Å². The van der Waals surface area contributed by atoms with Gasteiger partial charge in [-0.1, -0.05) is 38.0 Å². The summed E-state index contributed by atoms with van der Waals surface area (Å²) in [5.41, 5.74) is 2.96. The van der Waals surface area contributed by atoms with E-state index in [1.54, 1.807) is 0 Å². The summed E-state index contributed by atoms with van der Waals surface area (Å²) >= 11 is 0. The lowest BCUT2D eigenvalue weighted by atomic mass is 9.84. The number of hydrogen-bond acceptors (Lipinski definition) is 2. The van der Waals surface area contributed by atoms with E-state index in [4.69, 9.17) is 0 Å². The van der Waals surface area contributed by atoms with Crippen LogP contribution in [0.2, 0.25) is 0 Å². The van der Waals surface area contributed by atoms with Crippen LogP contribution in [0, 0.1) is 5.92 Å². The normalized spacial score (nSPS) is 23.1. The van der Waals surface area contributed by atoms with Crippen molar-refractivity contribution in [3.05, 3.63) is 29.8 Å². The Hall–Kier alpha value is -1.02. The first-order valence-corrected chi connectivity index (χ1v) is 8.44. The molecule has 2 nitrogen and oxygen atoms in total. The van der Waals surface area contributed by atoms with Crippen LogP contribution >= 0.6 is 0 Å². The SMILES string of the molecule is CC1CCCCC1N(C)c1ccccc1CNC(C)(C)C. The Morgan fingerprint density at radius 3 is 2.48 bits per heavy atom. The Balaban J connectivity index is 2.14. The van der Waals surface area contributed by atoms with E-state index in [9.17, 15) is 0 Å². The standard InChI is InChI=1S/C19H32N2/c1-15-10-6-8-12-17(15)21(5)18-13-9-7-11-16(18)14-20-19(2,3)4/h7,9,11,13,15,17,20H,6,8,10,12,14H2,1-5H3. The molecule has 0 amide bonds. The van der Waals surface area contributed by atoms with Crippen molar-refractivity contribution in [2.24, 2.45) is 5.92 Å². The Bertz CT molecular complexity index is 447. The lowest BCUT2D eigenvalue weighted by molar-refractivity contribution is 0.321. The number of hydrogen-bond donors (Lipinski definition) is 1. The minimum atomic E-state index is 0.157. The molecule has 0 radical (unpaired) electrons. The molecule has 2 heteroatoms. The van der Waals surface area contributed by atoms with Crippen LogP contribution in [0.5, 0.6) is 0 Å². The maximum absolute atomic E-state index is 3.62. The lowest BCUT2D eigenvalue weighted by Gasteiger charge is -2.38. The molecule has 2 atom stereocenters. The molecule has 0 saturated heterocycles. The molecule has 1 aromatic carbocycles. The minimum absolute atomic E-state index is 0.157. The van der Waals surface area contributed by atoms with Crippen molar-refractivity contribution in [1.29, 1.82) is 0 Å². The number of rotatable bonds is 4. The molecule has 1 fully saturated rings. The number of anilines is 1. The van der Waals surface area contributed by atoms with Crippen LogP contribution in [-0.4, -0.2) is 18.6 Å². The van der Waals surface area contributed by atoms with Gasteiger partial charge in [0.1, 0.15) is 0 Å². The Morgan fingerprint density at radius 1 is 1.14 bits per heavy atom. The topological polar surface area (TPSA) is 15.3 Å². The zero-order valence-corrected chi connectivity index (χ0v) is 14.4. The van der Waals surface area contributed by atoms with E-state index in [1.165, 1.54) is 36.9 Å². The van der Waals surface area contributed by atoms with Gasteiger partial charge >= 0.3 is 0 Å². The van der Waals surface area contributed by atoms with E-state index in [1.807, 2.05) is 0 Å². The predicted molar refractivity (Wildman–Crippen MR) is 92.9 cm³/mol. The van der Waals surface area contributed by atoms with Crippen LogP contribution in [0.1, 0.15) is 58.9 Å². The van der Waals surface area contributed by atoms with Crippen LogP contribution in [-0.2, 0) is 6.54 Å². The molecule has 2 rings (SSSR count). The predicted octanol–water partition coefficient (Wildman–Crippen LogP) is 4.59. The van der Waals surface area contributed by atoms with Crippen LogP contribution in [0.15, 0.2) is 24.3 Å². The first-order chi connectivity index (χ1) is 9.88. The van der Waals surface area contributed by atoms with Crippen molar-refractivity contribution in [1.82, 2.24) is 5.32 Å². The maximum Gasteiger partial charge on any atom is 0.0411 e. The monoisotopic (exact) mass is 288 g/mol. The van der Waals surface area contributed by atoms with Crippen LogP contribution in [0.3, 0.4) is 0 Å². The number of nitrogens with one attached hydrogen (secondary N) is 1. The molecule has 0 aliphatic heterocycles. The van der Waals surface area contributed by atoms with Crippen LogP contribution in [0.25, 0.3) is 0 Å². The number of para-hydroxylation sites is 1. The Morgan fingerprint density at radius 2 is 1.81 bits per heavy atom. The summed E-state index contributed by atoms with van der Waals surface area (Å²) in [6.07, 6.45) is 5.48. The van der Waals surface area contributed by atoms with E-state index < -0.39 is 0 Å². The maximum atomic E-state index is 3.62. The fourth-order valence-electron chi connectivity index (χ4n) is 3.42. The van der Waals surface area contributed by atoms with Gasteiger partial charge in [0.2, 0.25) is 0 Å². The zero-order chi connectivity index (χ0) is 15.5. The van der Waals surface area contributed by atoms with Gasteiger partial charge in [-0.15, -0.1) is 0 Å². The summed E-state index contributed by atoms with van der Waals surface area (Å²) in [7, 11) is 2.28. The Kier molecular flexibility index (Phi) is 5.32. The van der Waals surface area contributed by atoms with Gasteiger partial charge in [0.05, 0.1) is 0 Å². The van der Waals surface area contributed by atoms with Gasteiger partial charge in [-0.25, -0.2) is 0 Å². The van der Waals surface area contributed by atoms with Crippen molar-refractivity contribution in [3.63, 3.8) is 0 Å². The third kappa shape index (κ3) is 4.47. The van der Waals surface area contributed by atoms with Crippen molar-refractivity contribution in [2.45, 2.75) is 71.5 Å². The molecule has 0 heterocycles. The molecule has 1 N–H and O–H groups in total. The molecule has 0 aromatic heterocycles. The van der Waals surface area contributed by atoms with Crippen molar-refractivity contribution < 1.29 is 0 Å². The smallest absolute Gasteiger partial charge is 0.0411 e. The second-order valence-electron chi connectivity index (χ2n) is 7.67. The highest BCUT2D eigenvalue weighted by molar-refractivity contribution is 5.54. The first-order valence-electron chi connectivity index (χ1n) is 8.44. The molecule has 118 valence electrons. The van der Waals surface area contributed by atoms with E-state index in [0.29, 0.717) is 6.04 Å². The molecule has 1 saturated carbocycles. The van der Waals surface area contributed by atoms with E-state index in [0.717, 1.165) is 12.5 Å². The summed E-state index contributed by atoms with van der Waals surface area (Å²) in [4.78, 5) is 2.53. The molecule has 2 unspecified atom stereocenters. The summed E-state index contributed by atoms with van der Waals surface area (Å²) in [6, 6.07) is 9.55. The summed E-state index contributed by atoms with van der Waals surface area (Å²) in [5.74, 6) is 0.799. The van der Waals surface area contributed by atoms with Gasteiger partial charge < -0.3 is 10.2 Å². The first kappa shape index (κ1) is 16.4.